The van der Waals surface area contributed by atoms with Crippen LogP contribution in [0.1, 0.15) is 10.6 Å². The van der Waals surface area contributed by atoms with Crippen molar-refractivity contribution < 1.29 is 14.3 Å². The van der Waals surface area contributed by atoms with Gasteiger partial charge < -0.3 is 4.42 Å². The molecule has 136 valence electrons. The maximum atomic E-state index is 11.2. The fraction of sp³-hybridized carbons (Fsp3) is 0. The van der Waals surface area contributed by atoms with E-state index in [4.69, 9.17) is 4.42 Å². The molecular formula is C17H12N4O5S. The molecule has 2 heterocycles. The monoisotopic (exact) mass is 384 g/mol. The van der Waals surface area contributed by atoms with Gasteiger partial charge in [0.15, 0.2) is 5.76 Å². The highest BCUT2D eigenvalue weighted by Crippen LogP contribution is 2.29. The highest BCUT2D eigenvalue weighted by molar-refractivity contribution is 7.10. The van der Waals surface area contributed by atoms with Crippen LogP contribution >= 0.6 is 11.3 Å². The average Bonchev–Trinajstić information content (AvgIpc) is 3.35. The quantitative estimate of drug-likeness (QED) is 0.358. The predicted octanol–water partition coefficient (Wildman–Crippen LogP) is 4.69. The minimum absolute atomic E-state index is 0.0270. The Labute approximate surface area is 156 Å². The average molecular weight is 384 g/mol. The van der Waals surface area contributed by atoms with Crippen LogP contribution in [-0.2, 0) is 0 Å². The second kappa shape index (κ2) is 8.06. The van der Waals surface area contributed by atoms with E-state index in [0.717, 1.165) is 10.9 Å². The Morgan fingerprint density at radius 2 is 2.00 bits per heavy atom. The lowest BCUT2D eigenvalue weighted by Gasteiger charge is -2.04. The number of non-ortho nitro benzene ring substituents is 1. The minimum atomic E-state index is -0.709. The summed E-state index contributed by atoms with van der Waals surface area (Å²) in [6.45, 7) is 0. The molecule has 1 aromatic carbocycles. The van der Waals surface area contributed by atoms with Gasteiger partial charge in [0.1, 0.15) is 11.4 Å². The summed E-state index contributed by atoms with van der Waals surface area (Å²) in [6, 6.07) is 10.5. The standard InChI is InChI=1S/C17H12N4O5S/c22-20(23)12-5-7-14(16(11-12)21(24)25)18-19-15(17-4-1-9-26-17)8-6-13-3-2-10-27-13/h1-11,18H. The SMILES string of the molecule is O=[N+]([O-])c1ccc(NN=C(C=Cc2cccs2)c2ccco2)c([N+](=O)[O-])c1. The molecule has 0 radical (unpaired) electrons. The van der Waals surface area contributed by atoms with Crippen LogP contribution in [0.5, 0.6) is 0 Å². The van der Waals surface area contributed by atoms with Gasteiger partial charge in [-0.3, -0.25) is 25.7 Å². The summed E-state index contributed by atoms with van der Waals surface area (Å²) < 4.78 is 5.34. The van der Waals surface area contributed by atoms with Crippen LogP contribution < -0.4 is 5.43 Å². The fourth-order valence-electron chi connectivity index (χ4n) is 2.15. The number of rotatable bonds is 7. The van der Waals surface area contributed by atoms with Crippen molar-refractivity contribution in [2.75, 3.05) is 5.43 Å². The largest absolute Gasteiger partial charge is 0.463 e. The molecule has 0 aliphatic rings. The summed E-state index contributed by atoms with van der Waals surface area (Å²) in [5.74, 6) is 0.458. The molecule has 0 fully saturated rings. The van der Waals surface area contributed by atoms with Crippen molar-refractivity contribution in [2.45, 2.75) is 0 Å². The number of nitro groups is 2. The number of anilines is 1. The van der Waals surface area contributed by atoms with Crippen LogP contribution in [0.15, 0.2) is 69.7 Å². The van der Waals surface area contributed by atoms with Gasteiger partial charge in [0, 0.05) is 10.9 Å². The first kappa shape index (κ1) is 18.0. The number of nitrogens with one attached hydrogen (secondary N) is 1. The number of allylic oxidation sites excluding steroid dienone is 1. The molecule has 0 atom stereocenters. The first-order valence-corrected chi connectivity index (χ1v) is 8.44. The third kappa shape index (κ3) is 4.44. The minimum Gasteiger partial charge on any atom is -0.463 e. The molecule has 27 heavy (non-hydrogen) atoms. The molecule has 0 amide bonds. The number of furan rings is 1. The first-order valence-electron chi connectivity index (χ1n) is 7.56. The van der Waals surface area contributed by atoms with E-state index in [1.165, 1.54) is 18.4 Å². The normalized spacial score (nSPS) is 11.6. The second-order valence-corrected chi connectivity index (χ2v) is 6.13. The molecule has 2 aromatic heterocycles. The molecule has 10 heteroatoms. The van der Waals surface area contributed by atoms with Crippen molar-refractivity contribution in [2.24, 2.45) is 5.10 Å². The predicted molar refractivity (Wildman–Crippen MR) is 102 cm³/mol. The lowest BCUT2D eigenvalue weighted by atomic mass is 10.2. The summed E-state index contributed by atoms with van der Waals surface area (Å²) >= 11 is 1.54. The molecule has 3 rings (SSSR count). The second-order valence-electron chi connectivity index (χ2n) is 5.15. The topological polar surface area (TPSA) is 124 Å². The Bertz CT molecular complexity index is 1010. The maximum Gasteiger partial charge on any atom is 0.301 e. The van der Waals surface area contributed by atoms with E-state index in [0.29, 0.717) is 11.5 Å². The zero-order chi connectivity index (χ0) is 19.2. The summed E-state index contributed by atoms with van der Waals surface area (Å²) in [4.78, 5) is 21.6. The van der Waals surface area contributed by atoms with Crippen LogP contribution in [0, 0.1) is 20.2 Å². The first-order chi connectivity index (χ1) is 13.0. The zero-order valence-electron chi connectivity index (χ0n) is 13.6. The summed E-state index contributed by atoms with van der Waals surface area (Å²) in [6.07, 6.45) is 5.02. The Morgan fingerprint density at radius 1 is 1.15 bits per heavy atom. The van der Waals surface area contributed by atoms with E-state index >= 15 is 0 Å². The van der Waals surface area contributed by atoms with Gasteiger partial charge >= 0.3 is 5.69 Å². The van der Waals surface area contributed by atoms with Crippen LogP contribution in [0.2, 0.25) is 0 Å². The van der Waals surface area contributed by atoms with E-state index in [1.807, 2.05) is 23.6 Å². The number of nitro benzene ring substituents is 2. The Balaban J connectivity index is 1.92. The van der Waals surface area contributed by atoms with Crippen LogP contribution in [0.4, 0.5) is 17.1 Å². The Morgan fingerprint density at radius 3 is 2.63 bits per heavy atom. The van der Waals surface area contributed by atoms with Gasteiger partial charge in [0.05, 0.1) is 22.2 Å². The summed E-state index contributed by atoms with van der Waals surface area (Å²) in [5, 5.41) is 28.1. The van der Waals surface area contributed by atoms with Gasteiger partial charge in [0.25, 0.3) is 5.69 Å². The fourth-order valence-corrected chi connectivity index (χ4v) is 2.76. The van der Waals surface area contributed by atoms with Crippen molar-refractivity contribution in [3.63, 3.8) is 0 Å². The van der Waals surface area contributed by atoms with Crippen molar-refractivity contribution in [3.05, 3.63) is 91.0 Å². The van der Waals surface area contributed by atoms with Gasteiger partial charge in [0.2, 0.25) is 0 Å². The van der Waals surface area contributed by atoms with E-state index in [2.05, 4.69) is 10.5 Å². The highest BCUT2D eigenvalue weighted by atomic mass is 32.1. The van der Waals surface area contributed by atoms with E-state index in [-0.39, 0.29) is 11.4 Å². The van der Waals surface area contributed by atoms with Crippen LogP contribution in [0.3, 0.4) is 0 Å². The van der Waals surface area contributed by atoms with E-state index in [1.54, 1.807) is 29.5 Å². The van der Waals surface area contributed by atoms with Gasteiger partial charge in [-0.15, -0.1) is 11.3 Å². The number of hydrogen-bond donors (Lipinski definition) is 1. The van der Waals surface area contributed by atoms with Crippen molar-refractivity contribution in [3.8, 4) is 0 Å². The molecule has 0 aliphatic heterocycles. The van der Waals surface area contributed by atoms with E-state index in [9.17, 15) is 20.2 Å². The summed E-state index contributed by atoms with van der Waals surface area (Å²) in [5.41, 5.74) is 2.20. The third-order valence-corrected chi connectivity index (χ3v) is 4.25. The van der Waals surface area contributed by atoms with Crippen molar-refractivity contribution in [1.82, 2.24) is 0 Å². The van der Waals surface area contributed by atoms with Gasteiger partial charge in [-0.2, -0.15) is 5.10 Å². The Kier molecular flexibility index (Phi) is 5.38. The molecule has 0 spiro atoms. The van der Waals surface area contributed by atoms with Crippen molar-refractivity contribution in [1.29, 1.82) is 0 Å². The third-order valence-electron chi connectivity index (χ3n) is 3.41. The van der Waals surface area contributed by atoms with Gasteiger partial charge in [-0.05, 0) is 41.8 Å². The highest BCUT2D eigenvalue weighted by Gasteiger charge is 2.19. The molecule has 0 saturated heterocycles. The van der Waals surface area contributed by atoms with E-state index < -0.39 is 15.5 Å². The lowest BCUT2D eigenvalue weighted by molar-refractivity contribution is -0.393. The smallest absolute Gasteiger partial charge is 0.301 e. The molecule has 0 saturated carbocycles. The van der Waals surface area contributed by atoms with Gasteiger partial charge in [-0.25, -0.2) is 0 Å². The van der Waals surface area contributed by atoms with Crippen LogP contribution in [0.25, 0.3) is 6.08 Å². The molecular weight excluding hydrogens is 372 g/mol. The van der Waals surface area contributed by atoms with Crippen LogP contribution in [-0.4, -0.2) is 15.6 Å². The number of hydrogen-bond acceptors (Lipinski definition) is 8. The lowest BCUT2D eigenvalue weighted by Crippen LogP contribution is -2.02. The number of thiophene rings is 1. The number of hydrazone groups is 1. The molecule has 1 N–H and O–H groups in total. The maximum absolute atomic E-state index is 11.2. The molecule has 9 nitrogen and oxygen atoms in total. The number of benzene rings is 1. The van der Waals surface area contributed by atoms with Crippen molar-refractivity contribution >= 4 is 40.2 Å². The zero-order valence-corrected chi connectivity index (χ0v) is 14.5. The molecule has 0 aliphatic carbocycles. The summed E-state index contributed by atoms with van der Waals surface area (Å²) in [7, 11) is 0. The molecule has 0 bridgehead atoms. The van der Waals surface area contributed by atoms with Gasteiger partial charge in [-0.1, -0.05) is 6.07 Å². The molecule has 0 unspecified atom stereocenters. The Hall–Kier alpha value is -3.79. The molecule has 3 aromatic rings. The number of nitrogens with zero attached hydrogens (tertiary/aromatic N) is 3.